The maximum atomic E-state index is 13.5. The van der Waals surface area contributed by atoms with Gasteiger partial charge >= 0.3 is 0 Å². The third-order valence-electron chi connectivity index (χ3n) is 2.41. The molecular formula is C13H11F2N3O. The van der Waals surface area contributed by atoms with Crippen molar-refractivity contribution in [3.05, 3.63) is 53.7 Å². The number of rotatable bonds is 3. The van der Waals surface area contributed by atoms with Gasteiger partial charge in [-0.25, -0.2) is 18.8 Å². The second-order valence-electron chi connectivity index (χ2n) is 3.63. The lowest BCUT2D eigenvalue weighted by atomic mass is 10.2. The molecule has 0 spiro atoms. The van der Waals surface area contributed by atoms with Crippen LogP contribution in [-0.4, -0.2) is 17.9 Å². The van der Waals surface area contributed by atoms with Gasteiger partial charge in [0.15, 0.2) is 11.6 Å². The van der Waals surface area contributed by atoms with Crippen LogP contribution in [0.5, 0.6) is 5.88 Å². The smallest absolute Gasteiger partial charge is 0.224 e. The van der Waals surface area contributed by atoms with Crippen molar-refractivity contribution in [2.45, 2.75) is 0 Å². The van der Waals surface area contributed by atoms with Crippen LogP contribution in [0.15, 0.2) is 41.5 Å². The number of aromatic nitrogens is 1. The fourth-order valence-electron chi connectivity index (χ4n) is 1.52. The van der Waals surface area contributed by atoms with Gasteiger partial charge in [0.2, 0.25) is 5.88 Å². The molecule has 0 fully saturated rings. The van der Waals surface area contributed by atoms with Crippen LogP contribution < -0.4 is 10.5 Å². The largest absolute Gasteiger partial charge is 0.480 e. The quantitative estimate of drug-likeness (QED) is 0.683. The van der Waals surface area contributed by atoms with E-state index in [0.717, 1.165) is 6.07 Å². The van der Waals surface area contributed by atoms with Crippen molar-refractivity contribution >= 4 is 11.5 Å². The summed E-state index contributed by atoms with van der Waals surface area (Å²) < 4.78 is 31.5. The zero-order chi connectivity index (χ0) is 13.8. The van der Waals surface area contributed by atoms with E-state index in [9.17, 15) is 8.78 Å². The third kappa shape index (κ3) is 2.67. The molecule has 0 radical (unpaired) electrons. The van der Waals surface area contributed by atoms with Crippen LogP contribution >= 0.6 is 0 Å². The van der Waals surface area contributed by atoms with E-state index in [1.54, 1.807) is 12.1 Å². The Balaban J connectivity index is 2.46. The van der Waals surface area contributed by atoms with Gasteiger partial charge in [-0.15, -0.1) is 0 Å². The van der Waals surface area contributed by atoms with Gasteiger partial charge in [-0.05, 0) is 24.3 Å². The highest BCUT2D eigenvalue weighted by molar-refractivity contribution is 6.00. The Morgan fingerprint density at radius 1 is 1.26 bits per heavy atom. The van der Waals surface area contributed by atoms with Crippen LogP contribution in [0.2, 0.25) is 0 Å². The minimum atomic E-state index is -1.05. The van der Waals surface area contributed by atoms with Gasteiger partial charge in [-0.2, -0.15) is 0 Å². The summed E-state index contributed by atoms with van der Waals surface area (Å²) in [5.41, 5.74) is 6.00. The molecule has 0 amide bonds. The monoisotopic (exact) mass is 263 g/mol. The van der Waals surface area contributed by atoms with E-state index in [2.05, 4.69) is 9.98 Å². The van der Waals surface area contributed by atoms with Gasteiger partial charge in [-0.3, -0.25) is 0 Å². The molecule has 19 heavy (non-hydrogen) atoms. The summed E-state index contributed by atoms with van der Waals surface area (Å²) in [5, 5.41) is 0. The molecular weight excluding hydrogens is 252 g/mol. The van der Waals surface area contributed by atoms with Crippen LogP contribution in [0.4, 0.5) is 14.5 Å². The van der Waals surface area contributed by atoms with Crippen molar-refractivity contribution in [1.82, 2.24) is 4.98 Å². The first-order valence-electron chi connectivity index (χ1n) is 5.41. The molecule has 0 aliphatic carbocycles. The summed E-state index contributed by atoms with van der Waals surface area (Å²) in [7, 11) is 1.43. The van der Waals surface area contributed by atoms with Crippen LogP contribution in [0, 0.1) is 11.6 Å². The lowest BCUT2D eigenvalue weighted by Crippen LogP contribution is -2.14. The number of hydrogen-bond acceptors (Lipinski definition) is 3. The summed E-state index contributed by atoms with van der Waals surface area (Å²) in [6.07, 6.45) is 1.53. The average Bonchev–Trinajstić information content (AvgIpc) is 2.43. The number of halogens is 2. The normalized spacial score (nSPS) is 11.4. The maximum Gasteiger partial charge on any atom is 0.224 e. The van der Waals surface area contributed by atoms with E-state index < -0.39 is 11.6 Å². The zero-order valence-electron chi connectivity index (χ0n) is 10.1. The van der Waals surface area contributed by atoms with Crippen molar-refractivity contribution < 1.29 is 13.5 Å². The molecule has 1 aromatic carbocycles. The van der Waals surface area contributed by atoms with Gasteiger partial charge in [0.25, 0.3) is 0 Å². The first-order chi connectivity index (χ1) is 9.13. The maximum absolute atomic E-state index is 13.5. The second kappa shape index (κ2) is 5.43. The highest BCUT2D eigenvalue weighted by Gasteiger charge is 2.11. The minimum Gasteiger partial charge on any atom is -0.480 e. The molecule has 0 bridgehead atoms. The second-order valence-corrected chi connectivity index (χ2v) is 3.63. The Morgan fingerprint density at radius 2 is 2.05 bits per heavy atom. The average molecular weight is 263 g/mol. The van der Waals surface area contributed by atoms with Crippen LogP contribution in [0.1, 0.15) is 5.56 Å². The van der Waals surface area contributed by atoms with Gasteiger partial charge in [0, 0.05) is 6.20 Å². The fraction of sp³-hybridized carbons (Fsp3) is 0.0769. The van der Waals surface area contributed by atoms with E-state index >= 15 is 0 Å². The number of benzene rings is 1. The van der Waals surface area contributed by atoms with E-state index in [4.69, 9.17) is 10.5 Å². The molecule has 0 saturated carbocycles. The van der Waals surface area contributed by atoms with Crippen LogP contribution in [0.25, 0.3) is 0 Å². The predicted molar refractivity (Wildman–Crippen MR) is 67.5 cm³/mol. The van der Waals surface area contributed by atoms with Gasteiger partial charge < -0.3 is 10.5 Å². The van der Waals surface area contributed by atoms with E-state index in [1.807, 2.05) is 0 Å². The van der Waals surface area contributed by atoms with Crippen LogP contribution in [-0.2, 0) is 0 Å². The zero-order valence-corrected chi connectivity index (χ0v) is 10.1. The molecule has 0 aliphatic heterocycles. The third-order valence-corrected chi connectivity index (χ3v) is 2.41. The number of nitrogens with zero attached hydrogens (tertiary/aromatic N) is 2. The number of methoxy groups -OCH3 is 1. The molecule has 1 heterocycles. The lowest BCUT2D eigenvalue weighted by molar-refractivity contribution is 0.397. The number of hydrogen-bond donors (Lipinski definition) is 1. The number of ether oxygens (including phenoxy) is 1. The highest BCUT2D eigenvalue weighted by Crippen LogP contribution is 2.21. The Labute approximate surface area is 108 Å². The topological polar surface area (TPSA) is 60.5 Å². The summed E-state index contributed by atoms with van der Waals surface area (Å²) in [6, 6.07) is 6.96. The van der Waals surface area contributed by atoms with Gasteiger partial charge in [0.1, 0.15) is 11.5 Å². The van der Waals surface area contributed by atoms with Crippen molar-refractivity contribution in [3.8, 4) is 5.88 Å². The minimum absolute atomic E-state index is 0.00514. The van der Waals surface area contributed by atoms with Crippen molar-refractivity contribution in [2.24, 2.45) is 10.7 Å². The summed E-state index contributed by atoms with van der Waals surface area (Å²) in [6.45, 7) is 0. The predicted octanol–water partition coefficient (Wildman–Crippen LogP) is 2.41. The number of nitrogens with two attached hydrogens (primary N) is 1. The first kappa shape index (κ1) is 12.9. The molecule has 0 unspecified atom stereocenters. The molecule has 2 aromatic rings. The Kier molecular flexibility index (Phi) is 3.70. The Hall–Kier alpha value is -2.50. The van der Waals surface area contributed by atoms with E-state index in [0.29, 0.717) is 5.56 Å². The van der Waals surface area contributed by atoms with E-state index in [-0.39, 0.29) is 17.4 Å². The molecule has 1 aromatic heterocycles. The van der Waals surface area contributed by atoms with E-state index in [1.165, 1.54) is 25.4 Å². The molecule has 0 aliphatic rings. The van der Waals surface area contributed by atoms with Gasteiger partial charge in [-0.1, -0.05) is 6.07 Å². The number of pyridine rings is 1. The van der Waals surface area contributed by atoms with Crippen molar-refractivity contribution in [3.63, 3.8) is 0 Å². The Morgan fingerprint density at radius 3 is 2.79 bits per heavy atom. The van der Waals surface area contributed by atoms with Crippen LogP contribution in [0.3, 0.4) is 0 Å². The number of aliphatic imine (C=N–C) groups is 1. The molecule has 0 atom stereocenters. The van der Waals surface area contributed by atoms with Crippen molar-refractivity contribution in [1.29, 1.82) is 0 Å². The molecule has 6 heteroatoms. The summed E-state index contributed by atoms with van der Waals surface area (Å²) in [4.78, 5) is 7.81. The molecule has 0 saturated heterocycles. The summed E-state index contributed by atoms with van der Waals surface area (Å²) >= 11 is 0. The first-order valence-corrected chi connectivity index (χ1v) is 5.41. The Bertz CT molecular complexity index is 629. The SMILES string of the molecule is COc1ncccc1C(N)=Nc1cccc(F)c1F. The molecule has 98 valence electrons. The summed E-state index contributed by atoms with van der Waals surface area (Å²) in [5.74, 6) is -1.77. The fourth-order valence-corrected chi connectivity index (χ4v) is 1.52. The standard InChI is InChI=1S/C13H11F2N3O/c1-19-13-8(4-3-7-17-13)12(16)18-10-6-2-5-9(14)11(10)15/h2-7H,1H3,(H2,16,18). The number of amidine groups is 1. The highest BCUT2D eigenvalue weighted by atomic mass is 19.2. The lowest BCUT2D eigenvalue weighted by Gasteiger charge is -2.06. The molecule has 2 rings (SSSR count). The molecule has 4 nitrogen and oxygen atoms in total. The molecule has 2 N–H and O–H groups in total. The van der Waals surface area contributed by atoms with Crippen molar-refractivity contribution in [2.75, 3.05) is 7.11 Å². The van der Waals surface area contributed by atoms with Gasteiger partial charge in [0.05, 0.1) is 12.7 Å².